The van der Waals surface area contributed by atoms with Crippen LogP contribution in [0.1, 0.15) is 5.56 Å². The first-order chi connectivity index (χ1) is 10.1. The van der Waals surface area contributed by atoms with Crippen LogP contribution in [0.15, 0.2) is 24.3 Å². The molecule has 2 atom stereocenters. The largest absolute Gasteiger partial charge is 0.340 e. The van der Waals surface area contributed by atoms with Crippen molar-refractivity contribution in [2.24, 2.45) is 11.8 Å². The molecular formula is C16H22ClN3O. The summed E-state index contributed by atoms with van der Waals surface area (Å²) in [6.45, 7) is 5.45. The summed E-state index contributed by atoms with van der Waals surface area (Å²) in [5, 5.41) is 4.14. The number of amides is 1. The zero-order valence-electron chi connectivity index (χ0n) is 12.4. The molecule has 1 N–H and O–H groups in total. The molecule has 0 spiro atoms. The second-order valence-electron chi connectivity index (χ2n) is 6.25. The average molecular weight is 308 g/mol. The van der Waals surface area contributed by atoms with Gasteiger partial charge in [0.2, 0.25) is 5.91 Å². The van der Waals surface area contributed by atoms with Gasteiger partial charge in [-0.1, -0.05) is 23.7 Å². The van der Waals surface area contributed by atoms with Gasteiger partial charge < -0.3 is 10.2 Å². The van der Waals surface area contributed by atoms with Gasteiger partial charge in [0.15, 0.2) is 0 Å². The topological polar surface area (TPSA) is 35.6 Å². The van der Waals surface area contributed by atoms with E-state index in [1.54, 1.807) is 4.90 Å². The zero-order chi connectivity index (χ0) is 14.8. The molecule has 2 heterocycles. The maximum atomic E-state index is 12.3. The van der Waals surface area contributed by atoms with Crippen molar-refractivity contribution in [2.45, 2.75) is 6.54 Å². The molecule has 2 fully saturated rings. The van der Waals surface area contributed by atoms with Crippen LogP contribution in [-0.2, 0) is 11.3 Å². The first-order valence-electron chi connectivity index (χ1n) is 7.53. The summed E-state index contributed by atoms with van der Waals surface area (Å²) in [6.07, 6.45) is 0. The lowest BCUT2D eigenvalue weighted by atomic mass is 10.0. The average Bonchev–Trinajstić information content (AvgIpc) is 2.99. The monoisotopic (exact) mass is 307 g/mol. The molecule has 0 aliphatic carbocycles. The normalized spacial score (nSPS) is 25.0. The van der Waals surface area contributed by atoms with E-state index in [9.17, 15) is 4.79 Å². The van der Waals surface area contributed by atoms with Crippen molar-refractivity contribution in [2.75, 3.05) is 39.8 Å². The summed E-state index contributed by atoms with van der Waals surface area (Å²) in [6, 6.07) is 7.69. The highest BCUT2D eigenvalue weighted by molar-refractivity contribution is 6.30. The Morgan fingerprint density at radius 2 is 2.10 bits per heavy atom. The minimum atomic E-state index is 0.183. The van der Waals surface area contributed by atoms with E-state index in [0.29, 0.717) is 18.1 Å². The van der Waals surface area contributed by atoms with Crippen LogP contribution in [0.4, 0.5) is 0 Å². The molecule has 21 heavy (non-hydrogen) atoms. The van der Waals surface area contributed by atoms with E-state index in [1.807, 2.05) is 31.3 Å². The van der Waals surface area contributed by atoms with E-state index in [1.165, 1.54) is 0 Å². The van der Waals surface area contributed by atoms with Gasteiger partial charge >= 0.3 is 0 Å². The number of hydrogen-bond acceptors (Lipinski definition) is 3. The van der Waals surface area contributed by atoms with Gasteiger partial charge in [-0.25, -0.2) is 0 Å². The summed E-state index contributed by atoms with van der Waals surface area (Å²) in [7, 11) is 1.86. The number of benzene rings is 1. The van der Waals surface area contributed by atoms with Crippen LogP contribution in [0.3, 0.4) is 0 Å². The van der Waals surface area contributed by atoms with Crippen molar-refractivity contribution in [3.63, 3.8) is 0 Å². The molecule has 2 saturated heterocycles. The van der Waals surface area contributed by atoms with Crippen LogP contribution in [0.5, 0.6) is 0 Å². The molecule has 1 aromatic carbocycles. The van der Waals surface area contributed by atoms with Gasteiger partial charge in [-0.05, 0) is 42.6 Å². The molecule has 0 aromatic heterocycles. The Balaban J connectivity index is 1.51. The van der Waals surface area contributed by atoms with E-state index in [4.69, 9.17) is 11.6 Å². The van der Waals surface area contributed by atoms with Crippen molar-refractivity contribution in [1.29, 1.82) is 0 Å². The van der Waals surface area contributed by atoms with E-state index in [2.05, 4.69) is 10.2 Å². The summed E-state index contributed by atoms with van der Waals surface area (Å²) in [5.41, 5.74) is 1.07. The predicted molar refractivity (Wildman–Crippen MR) is 84.2 cm³/mol. The molecule has 1 aromatic rings. The van der Waals surface area contributed by atoms with E-state index in [-0.39, 0.29) is 5.91 Å². The van der Waals surface area contributed by atoms with Gasteiger partial charge in [-0.2, -0.15) is 0 Å². The maximum absolute atomic E-state index is 12.3. The van der Waals surface area contributed by atoms with Gasteiger partial charge in [0.05, 0.1) is 6.54 Å². The van der Waals surface area contributed by atoms with Crippen molar-refractivity contribution >= 4 is 17.5 Å². The fraction of sp³-hybridized carbons (Fsp3) is 0.562. The first kappa shape index (κ1) is 14.8. The zero-order valence-corrected chi connectivity index (χ0v) is 13.1. The van der Waals surface area contributed by atoms with Crippen molar-refractivity contribution in [1.82, 2.24) is 15.1 Å². The second-order valence-corrected chi connectivity index (χ2v) is 6.69. The maximum Gasteiger partial charge on any atom is 0.236 e. The SMILES string of the molecule is CN(Cc1cccc(Cl)c1)C(=O)CN1C[C@H]2CNC[C@H]2C1. The Labute approximate surface area is 131 Å². The third-order valence-electron chi connectivity index (χ3n) is 4.56. The Morgan fingerprint density at radius 3 is 2.76 bits per heavy atom. The number of likely N-dealkylation sites (tertiary alicyclic amines) is 1. The minimum absolute atomic E-state index is 0.183. The Hall–Kier alpha value is -1.10. The molecule has 114 valence electrons. The van der Waals surface area contributed by atoms with Crippen molar-refractivity contribution in [3.05, 3.63) is 34.9 Å². The van der Waals surface area contributed by atoms with Gasteiger partial charge in [-0.15, -0.1) is 0 Å². The fourth-order valence-corrected chi connectivity index (χ4v) is 3.60. The summed E-state index contributed by atoms with van der Waals surface area (Å²) in [5.74, 6) is 1.65. The highest BCUT2D eigenvalue weighted by atomic mass is 35.5. The lowest BCUT2D eigenvalue weighted by Gasteiger charge is -2.22. The molecule has 4 nitrogen and oxygen atoms in total. The number of carbonyl (C=O) groups excluding carboxylic acids is 1. The smallest absolute Gasteiger partial charge is 0.236 e. The molecular weight excluding hydrogens is 286 g/mol. The van der Waals surface area contributed by atoms with E-state index >= 15 is 0 Å². The number of carbonyl (C=O) groups is 1. The predicted octanol–water partition coefficient (Wildman–Crippen LogP) is 1.45. The number of nitrogens with one attached hydrogen (secondary N) is 1. The lowest BCUT2D eigenvalue weighted by molar-refractivity contribution is -0.131. The molecule has 2 aliphatic rings. The molecule has 0 radical (unpaired) electrons. The van der Waals surface area contributed by atoms with Gasteiger partial charge in [-0.3, -0.25) is 9.69 Å². The number of fused-ring (bicyclic) bond motifs is 1. The molecule has 3 rings (SSSR count). The fourth-order valence-electron chi connectivity index (χ4n) is 3.39. The standard InChI is InChI=1S/C16H22ClN3O/c1-19(8-12-3-2-4-15(17)5-12)16(21)11-20-9-13-6-18-7-14(13)10-20/h2-5,13-14,18H,6-11H2,1H3/t13-,14+. The lowest BCUT2D eigenvalue weighted by Crippen LogP contribution is -2.38. The molecule has 2 aliphatic heterocycles. The van der Waals surface area contributed by atoms with Crippen LogP contribution >= 0.6 is 11.6 Å². The minimum Gasteiger partial charge on any atom is -0.340 e. The van der Waals surface area contributed by atoms with Crippen LogP contribution < -0.4 is 5.32 Å². The number of hydrogen-bond donors (Lipinski definition) is 1. The molecule has 5 heteroatoms. The van der Waals surface area contributed by atoms with Crippen LogP contribution in [0, 0.1) is 11.8 Å². The van der Waals surface area contributed by atoms with Gasteiger partial charge in [0, 0.05) is 31.7 Å². The first-order valence-corrected chi connectivity index (χ1v) is 7.91. The van der Waals surface area contributed by atoms with E-state index in [0.717, 1.165) is 43.6 Å². The van der Waals surface area contributed by atoms with Crippen molar-refractivity contribution in [3.8, 4) is 0 Å². The Kier molecular flexibility index (Phi) is 4.48. The summed E-state index contributed by atoms with van der Waals surface area (Å²) >= 11 is 5.98. The van der Waals surface area contributed by atoms with Crippen LogP contribution in [-0.4, -0.2) is 55.5 Å². The third kappa shape index (κ3) is 3.57. The third-order valence-corrected chi connectivity index (χ3v) is 4.79. The van der Waals surface area contributed by atoms with Gasteiger partial charge in [0.25, 0.3) is 0 Å². The second kappa shape index (κ2) is 6.34. The molecule has 1 amide bonds. The number of nitrogens with zero attached hydrogens (tertiary/aromatic N) is 2. The van der Waals surface area contributed by atoms with Gasteiger partial charge in [0.1, 0.15) is 0 Å². The molecule has 0 saturated carbocycles. The van der Waals surface area contributed by atoms with Crippen molar-refractivity contribution < 1.29 is 4.79 Å². The Morgan fingerprint density at radius 1 is 1.38 bits per heavy atom. The number of rotatable bonds is 4. The summed E-state index contributed by atoms with van der Waals surface area (Å²) in [4.78, 5) is 16.4. The van der Waals surface area contributed by atoms with Crippen LogP contribution in [0.25, 0.3) is 0 Å². The van der Waals surface area contributed by atoms with Crippen LogP contribution in [0.2, 0.25) is 5.02 Å². The molecule has 0 unspecified atom stereocenters. The highest BCUT2D eigenvalue weighted by Crippen LogP contribution is 2.26. The highest BCUT2D eigenvalue weighted by Gasteiger charge is 2.36. The number of halogens is 1. The number of likely N-dealkylation sites (N-methyl/N-ethyl adjacent to an activating group) is 1. The summed E-state index contributed by atoms with van der Waals surface area (Å²) < 4.78 is 0. The Bertz CT molecular complexity index is 510. The quantitative estimate of drug-likeness (QED) is 0.914. The van der Waals surface area contributed by atoms with E-state index < -0.39 is 0 Å². The molecule has 0 bridgehead atoms.